The summed E-state index contributed by atoms with van der Waals surface area (Å²) in [7, 11) is 0. The first-order valence-corrected chi connectivity index (χ1v) is 9.80. The summed E-state index contributed by atoms with van der Waals surface area (Å²) >= 11 is 0. The Labute approximate surface area is 163 Å². The monoisotopic (exact) mass is 374 g/mol. The predicted octanol–water partition coefficient (Wildman–Crippen LogP) is 4.04. The van der Waals surface area contributed by atoms with E-state index in [1.54, 1.807) is 0 Å². The van der Waals surface area contributed by atoms with E-state index in [1.165, 1.54) is 12.8 Å². The van der Waals surface area contributed by atoms with E-state index in [9.17, 15) is 4.79 Å². The van der Waals surface area contributed by atoms with Crippen LogP contribution in [0, 0.1) is 0 Å². The van der Waals surface area contributed by atoms with Crippen LogP contribution in [0.15, 0.2) is 60.8 Å². The molecule has 1 aromatic heterocycles. The molecule has 1 unspecified atom stereocenters. The van der Waals surface area contributed by atoms with Gasteiger partial charge in [0.15, 0.2) is 0 Å². The van der Waals surface area contributed by atoms with Crippen LogP contribution in [0.2, 0.25) is 0 Å². The lowest BCUT2D eigenvalue weighted by molar-refractivity contribution is 0.0787. The number of ether oxygens (including phenoxy) is 1. The van der Waals surface area contributed by atoms with Crippen molar-refractivity contribution >= 4 is 5.91 Å². The van der Waals surface area contributed by atoms with E-state index in [0.717, 1.165) is 30.2 Å². The summed E-state index contributed by atoms with van der Waals surface area (Å²) in [4.78, 5) is 14.8. The number of likely N-dealkylation sites (tertiary alicyclic amines) is 1. The van der Waals surface area contributed by atoms with Gasteiger partial charge in [-0.2, -0.15) is 0 Å². The minimum Gasteiger partial charge on any atom is -0.457 e. The number of hydrogen-bond donors (Lipinski definition) is 0. The molecule has 6 heteroatoms. The molecule has 1 aliphatic heterocycles. The Morgan fingerprint density at radius 2 is 1.71 bits per heavy atom. The second kappa shape index (κ2) is 7.11. The average molecular weight is 374 g/mol. The van der Waals surface area contributed by atoms with Crippen LogP contribution in [0.25, 0.3) is 0 Å². The number of para-hydroxylation sites is 1. The van der Waals surface area contributed by atoms with Gasteiger partial charge < -0.3 is 9.64 Å². The molecule has 1 amide bonds. The van der Waals surface area contributed by atoms with E-state index in [0.29, 0.717) is 18.0 Å². The summed E-state index contributed by atoms with van der Waals surface area (Å²) in [6.45, 7) is 1.42. The summed E-state index contributed by atoms with van der Waals surface area (Å²) in [5, 5.41) is 8.58. The molecule has 142 valence electrons. The van der Waals surface area contributed by atoms with Gasteiger partial charge in [-0.15, -0.1) is 5.10 Å². The number of nitrogens with zero attached hydrogens (tertiary/aromatic N) is 4. The first-order chi connectivity index (χ1) is 13.8. The molecule has 1 aliphatic carbocycles. The Bertz CT molecular complexity index is 964. The maximum atomic E-state index is 12.9. The van der Waals surface area contributed by atoms with Crippen molar-refractivity contribution < 1.29 is 9.53 Å². The van der Waals surface area contributed by atoms with Crippen molar-refractivity contribution in [1.82, 2.24) is 19.9 Å². The quantitative estimate of drug-likeness (QED) is 0.676. The SMILES string of the molecule is O=C(c1ccc(Oc2ccccc2)cc1)N1CCC(n2cc(C3CC3)nn2)C1. The lowest BCUT2D eigenvalue weighted by atomic mass is 10.2. The minimum absolute atomic E-state index is 0.0521. The first kappa shape index (κ1) is 17.0. The van der Waals surface area contributed by atoms with Gasteiger partial charge >= 0.3 is 0 Å². The van der Waals surface area contributed by atoms with Crippen LogP contribution in [0.1, 0.15) is 47.3 Å². The maximum Gasteiger partial charge on any atom is 0.253 e. The van der Waals surface area contributed by atoms with Crippen molar-refractivity contribution in [3.05, 3.63) is 72.1 Å². The molecule has 3 aromatic rings. The summed E-state index contributed by atoms with van der Waals surface area (Å²) < 4.78 is 7.74. The van der Waals surface area contributed by atoms with E-state index in [-0.39, 0.29) is 11.9 Å². The molecule has 1 saturated heterocycles. The van der Waals surface area contributed by atoms with Crippen LogP contribution in [-0.4, -0.2) is 38.9 Å². The van der Waals surface area contributed by atoms with E-state index in [4.69, 9.17) is 4.74 Å². The molecule has 0 spiro atoms. The zero-order chi connectivity index (χ0) is 18.9. The molecule has 2 heterocycles. The summed E-state index contributed by atoms with van der Waals surface area (Å²) in [5.41, 5.74) is 1.78. The van der Waals surface area contributed by atoms with Crippen molar-refractivity contribution in [2.24, 2.45) is 0 Å². The number of carbonyl (C=O) groups excluding carboxylic acids is 1. The van der Waals surface area contributed by atoms with Crippen LogP contribution < -0.4 is 4.74 Å². The van der Waals surface area contributed by atoms with E-state index in [1.807, 2.05) is 64.2 Å². The summed E-state index contributed by atoms with van der Waals surface area (Å²) in [6, 6.07) is 17.2. The van der Waals surface area contributed by atoms with Crippen LogP contribution in [0.5, 0.6) is 11.5 Å². The van der Waals surface area contributed by atoms with Crippen molar-refractivity contribution in [3.8, 4) is 11.5 Å². The number of amides is 1. The van der Waals surface area contributed by atoms with Crippen LogP contribution >= 0.6 is 0 Å². The molecular formula is C22H22N4O2. The van der Waals surface area contributed by atoms with Gasteiger partial charge in [-0.25, -0.2) is 4.68 Å². The Morgan fingerprint density at radius 3 is 2.46 bits per heavy atom. The third kappa shape index (κ3) is 3.50. The third-order valence-electron chi connectivity index (χ3n) is 5.43. The third-order valence-corrected chi connectivity index (χ3v) is 5.43. The number of benzene rings is 2. The normalized spacial score (nSPS) is 19.0. The number of hydrogen-bond acceptors (Lipinski definition) is 4. The molecular weight excluding hydrogens is 352 g/mol. The zero-order valence-electron chi connectivity index (χ0n) is 15.6. The Balaban J connectivity index is 1.22. The fourth-order valence-corrected chi connectivity index (χ4v) is 3.65. The Morgan fingerprint density at radius 1 is 0.964 bits per heavy atom. The van der Waals surface area contributed by atoms with Crippen LogP contribution in [0.3, 0.4) is 0 Å². The highest BCUT2D eigenvalue weighted by atomic mass is 16.5. The van der Waals surface area contributed by atoms with Gasteiger partial charge in [-0.1, -0.05) is 23.4 Å². The van der Waals surface area contributed by atoms with Gasteiger partial charge in [0.2, 0.25) is 0 Å². The fourth-order valence-electron chi connectivity index (χ4n) is 3.65. The molecule has 0 N–H and O–H groups in total. The van der Waals surface area contributed by atoms with Gasteiger partial charge in [0.1, 0.15) is 11.5 Å². The van der Waals surface area contributed by atoms with Crippen molar-refractivity contribution in [2.45, 2.75) is 31.2 Å². The van der Waals surface area contributed by atoms with Gasteiger partial charge in [-0.05, 0) is 55.7 Å². The van der Waals surface area contributed by atoms with Gasteiger partial charge in [0.05, 0.1) is 11.7 Å². The molecule has 2 fully saturated rings. The zero-order valence-corrected chi connectivity index (χ0v) is 15.6. The highest BCUT2D eigenvalue weighted by Gasteiger charge is 2.31. The molecule has 1 atom stereocenters. The number of rotatable bonds is 5. The van der Waals surface area contributed by atoms with Crippen molar-refractivity contribution in [3.63, 3.8) is 0 Å². The molecule has 1 saturated carbocycles. The lowest BCUT2D eigenvalue weighted by Gasteiger charge is -2.17. The number of aromatic nitrogens is 3. The smallest absolute Gasteiger partial charge is 0.253 e. The van der Waals surface area contributed by atoms with Gasteiger partial charge in [0.25, 0.3) is 5.91 Å². The topological polar surface area (TPSA) is 60.2 Å². The predicted molar refractivity (Wildman–Crippen MR) is 105 cm³/mol. The van der Waals surface area contributed by atoms with E-state index in [2.05, 4.69) is 16.5 Å². The fraction of sp³-hybridized carbons (Fsp3) is 0.318. The van der Waals surface area contributed by atoms with Crippen LogP contribution in [-0.2, 0) is 0 Å². The maximum absolute atomic E-state index is 12.9. The highest BCUT2D eigenvalue weighted by Crippen LogP contribution is 2.39. The lowest BCUT2D eigenvalue weighted by Crippen LogP contribution is -2.29. The highest BCUT2D eigenvalue weighted by molar-refractivity contribution is 5.94. The van der Waals surface area contributed by atoms with E-state index >= 15 is 0 Å². The molecule has 0 bridgehead atoms. The second-order valence-electron chi connectivity index (χ2n) is 7.53. The van der Waals surface area contributed by atoms with E-state index < -0.39 is 0 Å². The molecule has 28 heavy (non-hydrogen) atoms. The molecule has 5 rings (SSSR count). The summed E-state index contributed by atoms with van der Waals surface area (Å²) in [5.74, 6) is 2.15. The number of carbonyl (C=O) groups is 1. The average Bonchev–Trinajstić information content (AvgIpc) is 3.26. The minimum atomic E-state index is 0.0521. The van der Waals surface area contributed by atoms with Gasteiger partial charge in [0, 0.05) is 30.8 Å². The second-order valence-corrected chi connectivity index (χ2v) is 7.53. The largest absolute Gasteiger partial charge is 0.457 e. The molecule has 2 aliphatic rings. The first-order valence-electron chi connectivity index (χ1n) is 9.80. The van der Waals surface area contributed by atoms with Gasteiger partial charge in [-0.3, -0.25) is 4.79 Å². The Kier molecular flexibility index (Phi) is 4.31. The Hall–Kier alpha value is -3.15. The van der Waals surface area contributed by atoms with Crippen molar-refractivity contribution in [2.75, 3.05) is 13.1 Å². The summed E-state index contributed by atoms with van der Waals surface area (Å²) in [6.07, 6.45) is 5.41. The molecule has 6 nitrogen and oxygen atoms in total. The molecule has 0 radical (unpaired) electrons. The standard InChI is InChI=1S/C22H22N4O2/c27-22(17-8-10-20(11-9-17)28-19-4-2-1-3-5-19)25-13-12-18(14-25)26-15-21(23-24-26)16-6-7-16/h1-5,8-11,15-16,18H,6-7,12-14H2. The molecule has 2 aromatic carbocycles. The van der Waals surface area contributed by atoms with Crippen LogP contribution in [0.4, 0.5) is 0 Å². The van der Waals surface area contributed by atoms with Crippen molar-refractivity contribution in [1.29, 1.82) is 0 Å².